The van der Waals surface area contributed by atoms with Crippen LogP contribution >= 0.6 is 0 Å². The third kappa shape index (κ3) is 28.2. The van der Waals surface area contributed by atoms with Gasteiger partial charge in [0.15, 0.2) is 0 Å². The van der Waals surface area contributed by atoms with Crippen molar-refractivity contribution in [1.82, 2.24) is 0 Å². The van der Waals surface area contributed by atoms with E-state index in [-0.39, 0.29) is 51.4 Å². The van der Waals surface area contributed by atoms with Crippen molar-refractivity contribution in [2.24, 2.45) is 0 Å². The third-order valence-electron chi connectivity index (χ3n) is 5.83. The smallest absolute Gasteiger partial charge is 0.338 e. The number of carboxylic acids is 2. The van der Waals surface area contributed by atoms with E-state index in [9.17, 15) is 67.1 Å². The van der Waals surface area contributed by atoms with Crippen LogP contribution in [0.4, 0.5) is 0 Å². The van der Waals surface area contributed by atoms with Crippen LogP contribution in [-0.4, -0.2) is 93.8 Å². The van der Waals surface area contributed by atoms with Gasteiger partial charge in [-0.3, -0.25) is 57.5 Å². The summed E-state index contributed by atoms with van der Waals surface area (Å²) in [7, 11) is 0. The van der Waals surface area contributed by atoms with Gasteiger partial charge in [-0.15, -0.1) is 0 Å². The zero-order valence-electron chi connectivity index (χ0n) is 28.5. The van der Waals surface area contributed by atoms with E-state index in [2.05, 4.69) is 28.4 Å². The van der Waals surface area contributed by atoms with Crippen molar-refractivity contribution >= 4 is 83.6 Å². The van der Waals surface area contributed by atoms with Gasteiger partial charge in [-0.25, -0.2) is 9.59 Å². The summed E-state index contributed by atoms with van der Waals surface area (Å²) in [6.45, 7) is 0. The van der Waals surface area contributed by atoms with Crippen molar-refractivity contribution in [2.75, 3.05) is 0 Å². The van der Waals surface area contributed by atoms with Gasteiger partial charge in [0.25, 0.3) is 0 Å². The Hall–Kier alpha value is -6.48. The van der Waals surface area contributed by atoms with Gasteiger partial charge in [-0.2, -0.15) is 0 Å². The molecule has 0 rings (SSSR count). The van der Waals surface area contributed by atoms with Crippen molar-refractivity contribution < 1.29 is 106 Å². The molecule has 0 aliphatic rings. The van der Waals surface area contributed by atoms with Gasteiger partial charge in [0.05, 0.1) is 25.7 Å². The van der Waals surface area contributed by atoms with Gasteiger partial charge >= 0.3 is 83.6 Å². The molecule has 296 valence electrons. The molecule has 0 radical (unpaired) electrons. The lowest BCUT2D eigenvalue weighted by Crippen LogP contribution is -2.17. The van der Waals surface area contributed by atoms with Crippen LogP contribution in [-0.2, 0) is 95.5 Å². The molecule has 0 heterocycles. The second kappa shape index (κ2) is 27.2. The molecule has 0 aromatic heterocycles. The minimum absolute atomic E-state index is 0.0599. The number of rotatable bonds is 24. The average molecular weight is 773 g/mol. The van der Waals surface area contributed by atoms with Crippen LogP contribution in [0.2, 0.25) is 0 Å². The molecule has 22 nitrogen and oxygen atoms in total. The maximum atomic E-state index is 11.8. The summed E-state index contributed by atoms with van der Waals surface area (Å²) in [6.07, 6.45) is -5.49. The minimum Gasteiger partial charge on any atom is -0.481 e. The van der Waals surface area contributed by atoms with Crippen LogP contribution in [0.5, 0.6) is 0 Å². The highest BCUT2D eigenvalue weighted by Gasteiger charge is 2.19. The molecule has 0 fully saturated rings. The van der Waals surface area contributed by atoms with Crippen LogP contribution in [0.3, 0.4) is 0 Å². The summed E-state index contributed by atoms with van der Waals surface area (Å²) >= 11 is 0. The first kappa shape index (κ1) is 47.5. The van der Waals surface area contributed by atoms with E-state index in [0.29, 0.717) is 12.2 Å². The molecule has 22 heteroatoms. The molecule has 0 aliphatic carbocycles. The van der Waals surface area contributed by atoms with Crippen molar-refractivity contribution in [3.8, 4) is 0 Å². The van der Waals surface area contributed by atoms with Crippen LogP contribution in [0, 0.1) is 0 Å². The molecular weight excluding hydrogens is 736 g/mol. The van der Waals surface area contributed by atoms with Crippen molar-refractivity contribution in [1.29, 1.82) is 0 Å². The number of carbonyl (C=O) groups is 14. The number of hydrogen-bond acceptors (Lipinski definition) is 20. The number of hydrogen-bond donors (Lipinski definition) is 2. The van der Waals surface area contributed by atoms with Crippen LogP contribution in [0.1, 0.15) is 103 Å². The lowest BCUT2D eigenvalue weighted by molar-refractivity contribution is -0.165. The number of ether oxygens (including phenoxy) is 6. The first-order chi connectivity index (χ1) is 25.4. The summed E-state index contributed by atoms with van der Waals surface area (Å²) < 4.78 is 26.4. The zero-order chi connectivity index (χ0) is 41.1. The molecular formula is C32H36O22. The Labute approximate surface area is 304 Å². The van der Waals surface area contributed by atoms with Crippen molar-refractivity contribution in [3.05, 3.63) is 12.2 Å². The molecule has 0 unspecified atom stereocenters. The molecule has 0 amide bonds. The van der Waals surface area contributed by atoms with Gasteiger partial charge in [0.1, 0.15) is 0 Å². The van der Waals surface area contributed by atoms with E-state index in [1.165, 1.54) is 0 Å². The zero-order valence-corrected chi connectivity index (χ0v) is 28.5. The maximum Gasteiger partial charge on any atom is 0.338 e. The summed E-state index contributed by atoms with van der Waals surface area (Å²) in [5.74, 6) is -15.9. The fourth-order valence-electron chi connectivity index (χ4n) is 3.38. The van der Waals surface area contributed by atoms with Crippen molar-refractivity contribution in [2.45, 2.75) is 103 Å². The molecule has 2 N–H and O–H groups in total. The highest BCUT2D eigenvalue weighted by Crippen LogP contribution is 2.07. The highest BCUT2D eigenvalue weighted by molar-refractivity contribution is 5.99. The van der Waals surface area contributed by atoms with Gasteiger partial charge < -0.3 is 38.6 Å². The molecule has 0 spiro atoms. The Morgan fingerprint density at radius 2 is 0.463 bits per heavy atom. The number of carboxylic acid groups (broad SMARTS) is 2. The summed E-state index contributed by atoms with van der Waals surface area (Å²) in [5.41, 5.74) is 0. The fourth-order valence-corrected chi connectivity index (χ4v) is 3.38. The van der Waals surface area contributed by atoms with Gasteiger partial charge in [0.2, 0.25) is 0 Å². The van der Waals surface area contributed by atoms with Gasteiger partial charge in [-0.05, 0) is 25.7 Å². The number of esters is 12. The van der Waals surface area contributed by atoms with Gasteiger partial charge in [-0.1, -0.05) is 0 Å². The van der Waals surface area contributed by atoms with Crippen LogP contribution in [0.25, 0.3) is 0 Å². The predicted octanol–water partition coefficient (Wildman–Crippen LogP) is 0.372. The lowest BCUT2D eigenvalue weighted by Gasteiger charge is -2.04. The molecule has 0 aliphatic heterocycles. The molecule has 0 saturated carbocycles. The predicted molar refractivity (Wildman–Crippen MR) is 165 cm³/mol. The third-order valence-corrected chi connectivity index (χ3v) is 5.83. The first-order valence-corrected chi connectivity index (χ1v) is 15.9. The van der Waals surface area contributed by atoms with Crippen molar-refractivity contribution in [3.63, 3.8) is 0 Å². The second-order valence-electron chi connectivity index (χ2n) is 10.5. The molecule has 0 aromatic rings. The number of aliphatic carboxylic acids is 2. The molecule has 0 bridgehead atoms. The Bertz CT molecular complexity index is 1390. The summed E-state index contributed by atoms with van der Waals surface area (Å²) in [4.78, 5) is 160. The number of carbonyl (C=O) groups excluding carboxylic acids is 12. The fraction of sp³-hybridized carbons (Fsp3) is 0.500. The molecule has 54 heavy (non-hydrogen) atoms. The standard InChI is InChI=1S/C32H36O22/c33-19(34)5-1-7-21(37)49-27(43)13-15-29(45)51-23(39)9-3-11-25(41)53-31(47)17-18-32(48)54-26(42)12-4-10-24(40)52-30(46)16-14-28(44)50-22(38)8-2-6-20(35)36/h17-18H,1-16H2,(H,33,34)(H,35,36)/b18-17-. The minimum atomic E-state index is -1.35. The van der Waals surface area contributed by atoms with Gasteiger partial charge in [0, 0.05) is 63.5 Å². The van der Waals surface area contributed by atoms with Crippen LogP contribution in [0.15, 0.2) is 12.2 Å². The Morgan fingerprint density at radius 1 is 0.278 bits per heavy atom. The van der Waals surface area contributed by atoms with E-state index in [1.54, 1.807) is 0 Å². The lowest BCUT2D eigenvalue weighted by atomic mass is 10.2. The van der Waals surface area contributed by atoms with E-state index >= 15 is 0 Å². The first-order valence-electron chi connectivity index (χ1n) is 15.9. The molecule has 0 atom stereocenters. The summed E-state index contributed by atoms with van der Waals surface area (Å²) in [5, 5.41) is 17.0. The maximum absolute atomic E-state index is 11.8. The normalized spacial score (nSPS) is 10.3. The van der Waals surface area contributed by atoms with E-state index in [4.69, 9.17) is 10.2 Å². The monoisotopic (exact) mass is 772 g/mol. The summed E-state index contributed by atoms with van der Waals surface area (Å²) in [6, 6.07) is 0. The SMILES string of the molecule is O=C(O)CCCC(=O)OC(=O)CCC(=O)OC(=O)CCCC(=O)OC(=O)/C=C\C(=O)OC(=O)CCCC(=O)OC(=O)CCC(=O)OC(=O)CCCC(=O)O. The Balaban J connectivity index is 4.17. The molecule has 0 saturated heterocycles. The highest BCUT2D eigenvalue weighted by atomic mass is 16.6. The van der Waals surface area contributed by atoms with E-state index < -0.39 is 135 Å². The van der Waals surface area contributed by atoms with E-state index in [1.807, 2.05) is 0 Å². The topological polar surface area (TPSA) is 335 Å². The quantitative estimate of drug-likeness (QED) is 0.0579. The Kier molecular flexibility index (Phi) is 23.9. The average Bonchev–Trinajstić information content (AvgIpc) is 3.05. The second-order valence-corrected chi connectivity index (χ2v) is 10.5. The Morgan fingerprint density at radius 3 is 0.685 bits per heavy atom. The van der Waals surface area contributed by atoms with Crippen LogP contribution < -0.4 is 0 Å². The van der Waals surface area contributed by atoms with E-state index in [0.717, 1.165) is 0 Å². The molecule has 0 aromatic carbocycles. The largest absolute Gasteiger partial charge is 0.481 e.